The van der Waals surface area contributed by atoms with Gasteiger partial charge in [0.15, 0.2) is 11.6 Å². The largest absolute Gasteiger partial charge is 2.00 e. The number of nitrogens with one attached hydrogen (secondary N) is 2. The summed E-state index contributed by atoms with van der Waals surface area (Å²) in [6.07, 6.45) is -7.00. The first-order valence-corrected chi connectivity index (χ1v) is 35.7. The van der Waals surface area contributed by atoms with Crippen LogP contribution in [0.15, 0.2) is 183 Å². The number of para-hydroxylation sites is 2. The number of carbonyl (C=O) groups is 2. The summed E-state index contributed by atoms with van der Waals surface area (Å²) >= 11 is 0. The number of fused-ring (bicyclic) bond motifs is 2. The summed E-state index contributed by atoms with van der Waals surface area (Å²) in [4.78, 5) is 44.2. The molecule has 2 fully saturated rings. The van der Waals surface area contributed by atoms with Crippen LogP contribution in [0.1, 0.15) is 73.8 Å². The normalized spacial score (nSPS) is 20.8. The van der Waals surface area contributed by atoms with Crippen molar-refractivity contribution in [1.29, 1.82) is 10.5 Å². The van der Waals surface area contributed by atoms with Gasteiger partial charge in [-0.05, 0) is 112 Å². The van der Waals surface area contributed by atoms with Crippen LogP contribution in [0.25, 0.3) is 11.0 Å². The molecule has 574 valence electrons. The van der Waals surface area contributed by atoms with Gasteiger partial charge in [0.05, 0.1) is 50.3 Å². The van der Waals surface area contributed by atoms with Crippen LogP contribution in [0.4, 0.5) is 21.7 Å². The third-order valence-electron chi connectivity index (χ3n) is 15.2. The van der Waals surface area contributed by atoms with Gasteiger partial charge in [-0.3, -0.25) is 28.6 Å². The van der Waals surface area contributed by atoms with Crippen molar-refractivity contribution in [3.8, 4) is 29.4 Å². The van der Waals surface area contributed by atoms with Crippen molar-refractivity contribution in [1.82, 2.24) is 39.4 Å². The molecular formula is C71H85ClFMgN13O19P2. The van der Waals surface area contributed by atoms with Crippen LogP contribution in [0.3, 0.4) is 0 Å². The summed E-state index contributed by atoms with van der Waals surface area (Å²) in [5.41, 5.74) is 10.2. The average Bonchev–Trinajstić information content (AvgIpc) is 1.59. The Morgan fingerprint density at radius 2 is 1.01 bits per heavy atom. The Hall–Kier alpha value is -9.29. The molecule has 0 radical (unpaired) electrons. The average molecular weight is 1570 g/mol. The molecule has 11 rings (SSSR count). The fraction of sp³-hybridized carbons (Fsp3) is 0.338. The first-order valence-electron chi connectivity index (χ1n) is 33.3. The number of aliphatic hydroxyl groups is 5. The molecule has 108 heavy (non-hydrogen) atoms. The van der Waals surface area contributed by atoms with Gasteiger partial charge in [-0.1, -0.05) is 97.1 Å². The zero-order chi connectivity index (χ0) is 78.2. The van der Waals surface area contributed by atoms with Gasteiger partial charge in [0.2, 0.25) is 11.2 Å². The van der Waals surface area contributed by atoms with Crippen molar-refractivity contribution in [2.45, 2.75) is 133 Å². The number of nitro groups is 1. The first-order chi connectivity index (χ1) is 51.0. The molecule has 0 bridgehead atoms. The molecule has 9 aromatic rings. The summed E-state index contributed by atoms with van der Waals surface area (Å²) in [5, 5.41) is 95.6. The van der Waals surface area contributed by atoms with Crippen LogP contribution in [0, 0.1) is 38.7 Å². The predicted octanol–water partition coefficient (Wildman–Crippen LogP) is 5.04. The fourth-order valence-corrected chi connectivity index (χ4v) is 13.5. The number of esters is 2. The summed E-state index contributed by atoms with van der Waals surface area (Å²) in [5.74, 6) is 0.915. The SMILES string of the molecule is CC(C)OC(=O)[C@H](Cc1ccccc1)NP(=O)(OC[C@H]1O[C@@](C#N)(c2ccc3c(N)ncnn23)[C@H](O)[C@@H]1O)Oc1ccccc1.CC(C)OC(=O)[C@H](Cc1ccccc1)NP(=O)(Oc1ccccc1)Oc1ccc([N+](=O)[O-])cc1.C[C-](C)C.N#C[C@@]1(c2ccc3c(N)ncnn23)O[C@H](CO)[C@@H](O)[C@H]1O.[2H]CF.[Cl-].[HH].[Mg+2]. The van der Waals surface area contributed by atoms with Crippen LogP contribution in [-0.4, -0.2) is 176 Å². The molecule has 11 N–H and O–H groups in total. The van der Waals surface area contributed by atoms with Crippen LogP contribution in [-0.2, 0) is 66.2 Å². The van der Waals surface area contributed by atoms with E-state index in [0.717, 1.165) is 11.1 Å². The molecule has 2 unspecified atom stereocenters. The first kappa shape index (κ1) is 87.6. The number of ether oxygens (including phenoxy) is 4. The van der Waals surface area contributed by atoms with Crippen LogP contribution in [0.2, 0.25) is 0 Å². The Labute approximate surface area is 646 Å². The number of non-ortho nitro benzene ring substituents is 1. The third-order valence-corrected chi connectivity index (χ3v) is 18.3. The molecule has 0 amide bonds. The minimum atomic E-state index is -4.44. The standard InChI is InChI=1S/C30H33N6O8P.C24H25N2O7P.C12H13N5O4.C4H9.CH3F.ClH.Mg.H2/c1-19(2)42-29(39)22(15-20-9-5-3-6-10-20)35-45(40,44-21-11-7-4-8-12-21)41-16-24-26(37)27(38)30(17-31,43-24)25-14-13-23-28(32)33-18-34-36(23)25;1-18(2)31-24(27)23(17-19-9-5-3-6-10-19)25-34(30,32-21-11-7-4-8-12-21)33-22-15-13-20(14-16-22)26(28)29;13-4-12(10(20)9(19)7(3-18)21-12)8-2-1-6-11(14)15-5-16-17(6)8;1-4(2)3;1-2;;;/h3-14,18-19,22,24,26-27,37-38H,15-16H2,1-2H3,(H,35,40)(H2,32,33,34);3-16,18,23H,17H2,1-2H3,(H,25,30);1-2,5,7,9-10,18-20H,3H2,(H2,14,15,16);1-3H3;1H3;1H;;1H/q;;;-1;;;+2;/p-1/t22-,24+,26+,27+,30-,45?;23-,34?;7-,9-,10-,12+;;;;;/m001...../s1/i;;;;1D;;;. The van der Waals surface area contributed by atoms with Gasteiger partial charge < -0.3 is 87.8 Å². The summed E-state index contributed by atoms with van der Waals surface area (Å²) < 4.78 is 91.4. The maximum absolute atomic E-state index is 14.3. The molecule has 37 heteroatoms. The van der Waals surface area contributed by atoms with Gasteiger partial charge >= 0.3 is 50.5 Å². The number of nitro benzene ring substituents is 1. The van der Waals surface area contributed by atoms with Gasteiger partial charge in [-0.2, -0.15) is 51.7 Å². The van der Waals surface area contributed by atoms with E-state index in [4.69, 9.17) is 49.9 Å². The number of benzene rings is 5. The topological polar surface area (TPSA) is 470 Å². The molecule has 12 atom stereocenters. The van der Waals surface area contributed by atoms with E-state index < -0.39 is 125 Å². The van der Waals surface area contributed by atoms with Crippen molar-refractivity contribution >= 4 is 78.8 Å². The molecule has 6 heterocycles. The fourth-order valence-electron chi connectivity index (χ4n) is 10.5. The maximum atomic E-state index is 14.3. The second-order valence-corrected chi connectivity index (χ2v) is 27.9. The smallest absolute Gasteiger partial charge is 1.00 e. The number of hydrogen-bond donors (Lipinski definition) is 9. The number of carbonyl (C=O) groups excluding carboxylic acids is 2. The monoisotopic (exact) mass is 1560 g/mol. The number of alkyl halides is 1. The number of rotatable bonds is 25. The predicted molar refractivity (Wildman–Crippen MR) is 391 cm³/mol. The van der Waals surface area contributed by atoms with Crippen LogP contribution >= 0.6 is 15.5 Å². The molecule has 4 aromatic heterocycles. The van der Waals surface area contributed by atoms with Gasteiger partial charge in [0.25, 0.3) is 5.69 Å². The molecular weight excluding hydrogens is 1480 g/mol. The Bertz CT molecular complexity index is 4560. The summed E-state index contributed by atoms with van der Waals surface area (Å²) in [6, 6.07) is 47.4. The number of nitriles is 2. The molecule has 32 nitrogen and oxygen atoms in total. The van der Waals surface area contributed by atoms with Gasteiger partial charge in [-0.15, -0.1) is 0 Å². The second kappa shape index (κ2) is 41.3. The number of hydrogen-bond acceptors (Lipinski definition) is 27. The number of nitrogens with two attached hydrogens (primary N) is 2. The van der Waals surface area contributed by atoms with E-state index in [-0.39, 0.29) is 95.7 Å². The molecule has 0 spiro atoms. The Kier molecular flexibility index (Phi) is 33.5. The number of aromatic nitrogens is 6. The third kappa shape index (κ3) is 23.1. The molecule has 2 saturated heterocycles. The Morgan fingerprint density at radius 3 is 1.37 bits per heavy atom. The molecule has 2 aliphatic heterocycles. The van der Waals surface area contributed by atoms with Gasteiger partial charge in [-0.25, -0.2) is 28.1 Å². The molecule has 0 saturated carbocycles. The summed E-state index contributed by atoms with van der Waals surface area (Å²) in [6.45, 7) is 11.9. The van der Waals surface area contributed by atoms with Crippen LogP contribution < -0.4 is 47.6 Å². The van der Waals surface area contributed by atoms with Crippen molar-refractivity contribution in [2.24, 2.45) is 0 Å². The molecule has 2 aliphatic rings. The van der Waals surface area contributed by atoms with Gasteiger partial charge in [0, 0.05) is 13.6 Å². The van der Waals surface area contributed by atoms with Gasteiger partial charge in [0.1, 0.15) is 102 Å². The Morgan fingerprint density at radius 1 is 0.657 bits per heavy atom. The van der Waals surface area contributed by atoms with Crippen molar-refractivity contribution in [3.63, 3.8) is 0 Å². The minimum absolute atomic E-state index is 0. The zero-order valence-electron chi connectivity index (χ0n) is 60.6. The van der Waals surface area contributed by atoms with E-state index in [9.17, 15) is 69.3 Å². The Balaban J connectivity index is 0.000000346. The van der Waals surface area contributed by atoms with E-state index in [1.165, 1.54) is 64.0 Å². The minimum Gasteiger partial charge on any atom is -1.00 e. The van der Waals surface area contributed by atoms with E-state index in [0.29, 0.717) is 11.0 Å². The number of aliphatic hydroxyl groups excluding tert-OH is 5. The number of nitrogens with zero attached hydrogens (tertiary/aromatic N) is 9. The van der Waals surface area contributed by atoms with Crippen LogP contribution in [0.5, 0.6) is 17.2 Å². The number of halogens is 2. The summed E-state index contributed by atoms with van der Waals surface area (Å²) in [7, 11) is -9.65. The number of anilines is 2. The van der Waals surface area contributed by atoms with E-state index in [1.54, 1.807) is 125 Å². The van der Waals surface area contributed by atoms with Crippen molar-refractivity contribution in [2.75, 3.05) is 31.8 Å². The quantitative estimate of drug-likeness (QED) is 0.00903. The molecule has 5 aromatic carbocycles. The van der Waals surface area contributed by atoms with E-state index in [2.05, 4.69) is 51.1 Å². The second-order valence-electron chi connectivity index (χ2n) is 24.5. The zero-order valence-corrected chi connectivity index (χ0v) is 63.6. The maximum Gasteiger partial charge on any atom is 2.00 e. The number of nitrogen functional groups attached to an aromatic ring is 2. The van der Waals surface area contributed by atoms with E-state index in [1.807, 2.05) is 48.5 Å². The van der Waals surface area contributed by atoms with E-state index >= 15 is 0 Å². The van der Waals surface area contributed by atoms with Crippen molar-refractivity contribution < 1.29 is 106 Å². The molecule has 0 aliphatic carbocycles. The van der Waals surface area contributed by atoms with Crippen molar-refractivity contribution in [3.05, 3.63) is 221 Å².